The fourth-order valence-corrected chi connectivity index (χ4v) is 2.71. The van der Waals surface area contributed by atoms with E-state index in [0.29, 0.717) is 12.1 Å². The van der Waals surface area contributed by atoms with Crippen molar-refractivity contribution in [1.82, 2.24) is 15.2 Å². The van der Waals surface area contributed by atoms with Gasteiger partial charge in [0.15, 0.2) is 0 Å². The van der Waals surface area contributed by atoms with Gasteiger partial charge in [0.2, 0.25) is 0 Å². The molecule has 1 N–H and O–H groups in total. The minimum absolute atomic E-state index is 0.351. The van der Waals surface area contributed by atoms with Crippen molar-refractivity contribution in [2.75, 3.05) is 19.6 Å². The molecule has 3 heteroatoms. The van der Waals surface area contributed by atoms with Crippen molar-refractivity contribution >= 4 is 0 Å². The van der Waals surface area contributed by atoms with Crippen LogP contribution < -0.4 is 5.32 Å². The van der Waals surface area contributed by atoms with E-state index in [1.807, 2.05) is 12.3 Å². The molecule has 1 saturated heterocycles. The number of nitrogens with one attached hydrogen (secondary N) is 1. The Morgan fingerprint density at radius 3 is 3.00 bits per heavy atom. The average Bonchev–Trinajstić information content (AvgIpc) is 2.65. The summed E-state index contributed by atoms with van der Waals surface area (Å²) in [6.45, 7) is 8.13. The van der Waals surface area contributed by atoms with Crippen LogP contribution in [0.1, 0.15) is 44.8 Å². The SMILES string of the molecule is CCN1CCCC(N[C@H](C)c2ccccn2)CC1. The third-order valence-electron chi connectivity index (χ3n) is 3.89. The Balaban J connectivity index is 1.86. The number of hydrogen-bond donors (Lipinski definition) is 1. The van der Waals surface area contributed by atoms with E-state index >= 15 is 0 Å². The first-order valence-electron chi connectivity index (χ1n) is 7.19. The predicted molar refractivity (Wildman–Crippen MR) is 75.5 cm³/mol. The van der Waals surface area contributed by atoms with Gasteiger partial charge in [0, 0.05) is 18.3 Å². The van der Waals surface area contributed by atoms with Gasteiger partial charge in [-0.1, -0.05) is 13.0 Å². The van der Waals surface area contributed by atoms with Crippen LogP contribution in [0.5, 0.6) is 0 Å². The van der Waals surface area contributed by atoms with Crippen LogP contribution in [-0.4, -0.2) is 35.6 Å². The Hall–Kier alpha value is -0.930. The van der Waals surface area contributed by atoms with E-state index < -0.39 is 0 Å². The lowest BCUT2D eigenvalue weighted by molar-refractivity contribution is 0.295. The topological polar surface area (TPSA) is 28.2 Å². The third-order valence-corrected chi connectivity index (χ3v) is 3.89. The molecule has 1 unspecified atom stereocenters. The zero-order chi connectivity index (χ0) is 12.8. The molecule has 0 aromatic carbocycles. The van der Waals surface area contributed by atoms with Crippen LogP contribution in [0, 0.1) is 0 Å². The van der Waals surface area contributed by atoms with Gasteiger partial charge >= 0.3 is 0 Å². The Kier molecular flexibility index (Phi) is 5.14. The van der Waals surface area contributed by atoms with E-state index in [-0.39, 0.29) is 0 Å². The maximum absolute atomic E-state index is 4.43. The fourth-order valence-electron chi connectivity index (χ4n) is 2.71. The number of nitrogens with zero attached hydrogens (tertiary/aromatic N) is 2. The standard InChI is InChI=1S/C15H25N3/c1-3-18-11-6-7-14(9-12-18)17-13(2)15-8-4-5-10-16-15/h4-5,8,10,13-14,17H,3,6-7,9,11-12H2,1-2H3/t13-,14?/m1/s1. The molecule has 1 aliphatic rings. The van der Waals surface area contributed by atoms with E-state index in [1.54, 1.807) is 0 Å². The van der Waals surface area contributed by atoms with E-state index in [4.69, 9.17) is 0 Å². The van der Waals surface area contributed by atoms with Crippen molar-refractivity contribution in [2.24, 2.45) is 0 Å². The number of pyridine rings is 1. The lowest BCUT2D eigenvalue weighted by atomic mass is 10.1. The fraction of sp³-hybridized carbons (Fsp3) is 0.667. The molecule has 0 amide bonds. The second-order valence-corrected chi connectivity index (χ2v) is 5.21. The van der Waals surface area contributed by atoms with Crippen LogP contribution in [0.2, 0.25) is 0 Å². The van der Waals surface area contributed by atoms with Crippen molar-refractivity contribution in [1.29, 1.82) is 0 Å². The molecule has 1 aromatic heterocycles. The zero-order valence-electron chi connectivity index (χ0n) is 11.6. The number of hydrogen-bond acceptors (Lipinski definition) is 3. The highest BCUT2D eigenvalue weighted by atomic mass is 15.1. The van der Waals surface area contributed by atoms with Gasteiger partial charge in [-0.05, 0) is 58.0 Å². The zero-order valence-corrected chi connectivity index (χ0v) is 11.6. The van der Waals surface area contributed by atoms with Crippen LogP contribution in [-0.2, 0) is 0 Å². The Morgan fingerprint density at radius 1 is 1.39 bits per heavy atom. The molecule has 0 bridgehead atoms. The summed E-state index contributed by atoms with van der Waals surface area (Å²) in [5, 5.41) is 3.73. The van der Waals surface area contributed by atoms with Gasteiger partial charge in [-0.2, -0.15) is 0 Å². The normalized spacial score (nSPS) is 23.6. The Labute approximate surface area is 111 Å². The van der Waals surface area contributed by atoms with Gasteiger partial charge in [0.05, 0.1) is 5.69 Å². The third kappa shape index (κ3) is 3.79. The second kappa shape index (κ2) is 6.86. The highest BCUT2D eigenvalue weighted by Gasteiger charge is 2.18. The number of rotatable bonds is 4. The maximum Gasteiger partial charge on any atom is 0.0570 e. The largest absolute Gasteiger partial charge is 0.306 e. The minimum atomic E-state index is 0.351. The summed E-state index contributed by atoms with van der Waals surface area (Å²) in [4.78, 5) is 6.97. The van der Waals surface area contributed by atoms with Crippen molar-refractivity contribution in [3.05, 3.63) is 30.1 Å². The summed E-state index contributed by atoms with van der Waals surface area (Å²) in [5.74, 6) is 0. The lowest BCUT2D eigenvalue weighted by Gasteiger charge is -2.22. The van der Waals surface area contributed by atoms with E-state index in [1.165, 1.54) is 38.9 Å². The first-order valence-corrected chi connectivity index (χ1v) is 7.19. The highest BCUT2D eigenvalue weighted by Crippen LogP contribution is 2.16. The lowest BCUT2D eigenvalue weighted by Crippen LogP contribution is -2.33. The van der Waals surface area contributed by atoms with Gasteiger partial charge in [0.25, 0.3) is 0 Å². The molecule has 1 aromatic rings. The van der Waals surface area contributed by atoms with E-state index in [0.717, 1.165) is 5.69 Å². The van der Waals surface area contributed by atoms with Gasteiger partial charge in [-0.25, -0.2) is 0 Å². The van der Waals surface area contributed by atoms with Gasteiger partial charge in [-0.3, -0.25) is 4.98 Å². The molecule has 0 radical (unpaired) electrons. The van der Waals surface area contributed by atoms with Gasteiger partial charge in [0.1, 0.15) is 0 Å². The molecule has 100 valence electrons. The maximum atomic E-state index is 4.43. The summed E-state index contributed by atoms with van der Waals surface area (Å²) >= 11 is 0. The highest BCUT2D eigenvalue weighted by molar-refractivity contribution is 5.07. The van der Waals surface area contributed by atoms with E-state index in [2.05, 4.69) is 41.2 Å². The molecule has 0 saturated carbocycles. The predicted octanol–water partition coefficient (Wildman–Crippen LogP) is 2.61. The quantitative estimate of drug-likeness (QED) is 0.886. The van der Waals surface area contributed by atoms with Crippen molar-refractivity contribution < 1.29 is 0 Å². The molecule has 1 aliphatic heterocycles. The van der Waals surface area contributed by atoms with E-state index in [9.17, 15) is 0 Å². The molecule has 2 atom stereocenters. The molecule has 2 heterocycles. The van der Waals surface area contributed by atoms with Crippen LogP contribution in [0.25, 0.3) is 0 Å². The monoisotopic (exact) mass is 247 g/mol. The smallest absolute Gasteiger partial charge is 0.0570 e. The summed E-state index contributed by atoms with van der Waals surface area (Å²) in [6, 6.07) is 7.13. The molecule has 1 fully saturated rings. The van der Waals surface area contributed by atoms with Crippen LogP contribution in [0.15, 0.2) is 24.4 Å². The summed E-state index contributed by atoms with van der Waals surface area (Å²) in [5.41, 5.74) is 1.15. The molecule has 2 rings (SSSR count). The van der Waals surface area contributed by atoms with Crippen LogP contribution in [0.4, 0.5) is 0 Å². The average molecular weight is 247 g/mol. The minimum Gasteiger partial charge on any atom is -0.306 e. The molecule has 0 spiro atoms. The first-order chi connectivity index (χ1) is 8.79. The Morgan fingerprint density at radius 2 is 2.28 bits per heavy atom. The first kappa shape index (κ1) is 13.5. The van der Waals surface area contributed by atoms with Gasteiger partial charge in [-0.15, -0.1) is 0 Å². The van der Waals surface area contributed by atoms with Crippen LogP contribution >= 0.6 is 0 Å². The molecular formula is C15H25N3. The molecule has 18 heavy (non-hydrogen) atoms. The van der Waals surface area contributed by atoms with Gasteiger partial charge < -0.3 is 10.2 Å². The van der Waals surface area contributed by atoms with Crippen molar-refractivity contribution in [3.63, 3.8) is 0 Å². The molecule has 0 aliphatic carbocycles. The molecule has 3 nitrogen and oxygen atoms in total. The number of aromatic nitrogens is 1. The van der Waals surface area contributed by atoms with Crippen molar-refractivity contribution in [2.45, 2.75) is 45.2 Å². The summed E-state index contributed by atoms with van der Waals surface area (Å²) in [7, 11) is 0. The molecular weight excluding hydrogens is 222 g/mol. The summed E-state index contributed by atoms with van der Waals surface area (Å²) in [6.07, 6.45) is 5.72. The van der Waals surface area contributed by atoms with Crippen molar-refractivity contribution in [3.8, 4) is 0 Å². The summed E-state index contributed by atoms with van der Waals surface area (Å²) < 4.78 is 0. The Bertz CT molecular complexity index is 339. The van der Waals surface area contributed by atoms with Crippen LogP contribution in [0.3, 0.4) is 0 Å². The number of likely N-dealkylation sites (tertiary alicyclic amines) is 1. The second-order valence-electron chi connectivity index (χ2n) is 5.21.